The van der Waals surface area contributed by atoms with Crippen LogP contribution in [0, 0.1) is 0 Å². The number of carbonyl (C=O) groups is 1. The maximum absolute atomic E-state index is 12.0. The van der Waals surface area contributed by atoms with E-state index in [1.54, 1.807) is 0 Å². The maximum atomic E-state index is 12.0. The van der Waals surface area contributed by atoms with Crippen molar-refractivity contribution >= 4 is 11.6 Å². The molecule has 1 aromatic rings. The minimum Gasteiger partial charge on any atom is -0.309 e. The fraction of sp³-hybridized carbons (Fsp3) is 0.500. The van der Waals surface area contributed by atoms with E-state index in [-0.39, 0.29) is 11.9 Å². The molecule has 86 valence electrons. The average Bonchev–Trinajstić information content (AvgIpc) is 2.52. The lowest BCUT2D eigenvalue weighted by atomic mass is 9.95. The smallest absolute Gasteiger partial charge is 0.231 e. The molecule has 0 saturated heterocycles. The molecule has 0 unspecified atom stereocenters. The van der Waals surface area contributed by atoms with Crippen molar-refractivity contribution in [3.8, 4) is 0 Å². The summed E-state index contributed by atoms with van der Waals surface area (Å²) >= 11 is 0. The maximum Gasteiger partial charge on any atom is 0.231 e. The van der Waals surface area contributed by atoms with Crippen LogP contribution in [0.3, 0.4) is 0 Å². The highest BCUT2D eigenvalue weighted by Crippen LogP contribution is 2.35. The van der Waals surface area contributed by atoms with Gasteiger partial charge in [-0.15, -0.1) is 0 Å². The van der Waals surface area contributed by atoms with Gasteiger partial charge in [-0.1, -0.05) is 26.0 Å². The molecule has 1 amide bonds. The summed E-state index contributed by atoms with van der Waals surface area (Å²) in [6.07, 6.45) is 0.571. The van der Waals surface area contributed by atoms with Crippen LogP contribution in [0.15, 0.2) is 18.2 Å². The van der Waals surface area contributed by atoms with Crippen LogP contribution < -0.4 is 4.90 Å². The highest BCUT2D eigenvalue weighted by molar-refractivity contribution is 6.02. The summed E-state index contributed by atoms with van der Waals surface area (Å²) in [6.45, 7) is 8.49. The van der Waals surface area contributed by atoms with Crippen molar-refractivity contribution in [2.45, 2.75) is 46.1 Å². The Morgan fingerprint density at radius 2 is 1.88 bits per heavy atom. The van der Waals surface area contributed by atoms with E-state index in [4.69, 9.17) is 0 Å². The van der Waals surface area contributed by atoms with Crippen molar-refractivity contribution in [1.29, 1.82) is 0 Å². The number of nitrogens with zero attached hydrogens (tertiary/aromatic N) is 1. The Morgan fingerprint density at radius 3 is 2.44 bits per heavy atom. The number of benzene rings is 1. The zero-order valence-electron chi connectivity index (χ0n) is 10.4. The number of rotatable bonds is 2. The molecule has 1 aliphatic rings. The first kappa shape index (κ1) is 11.2. The second-order valence-corrected chi connectivity index (χ2v) is 5.03. The second kappa shape index (κ2) is 3.93. The topological polar surface area (TPSA) is 20.3 Å². The summed E-state index contributed by atoms with van der Waals surface area (Å²) in [6, 6.07) is 6.51. The van der Waals surface area contributed by atoms with Gasteiger partial charge in [0.2, 0.25) is 5.91 Å². The molecule has 0 radical (unpaired) electrons. The lowest BCUT2D eigenvalue weighted by molar-refractivity contribution is -0.117. The van der Waals surface area contributed by atoms with E-state index in [0.29, 0.717) is 12.3 Å². The standard InChI is InChI=1S/C14H19NO/c1-9(2)11-6-5-7-13-12(11)8-14(16)15(13)10(3)4/h5-7,9-10H,8H2,1-4H3. The third-order valence-electron chi connectivity index (χ3n) is 3.18. The van der Waals surface area contributed by atoms with Gasteiger partial charge in [0, 0.05) is 11.7 Å². The van der Waals surface area contributed by atoms with Crippen LogP contribution in [0.5, 0.6) is 0 Å². The van der Waals surface area contributed by atoms with Crippen molar-refractivity contribution in [1.82, 2.24) is 0 Å². The number of fused-ring (bicyclic) bond motifs is 1. The van der Waals surface area contributed by atoms with Crippen LogP contribution in [0.25, 0.3) is 0 Å². The Bertz CT molecular complexity index is 421. The summed E-state index contributed by atoms with van der Waals surface area (Å²) < 4.78 is 0. The number of anilines is 1. The molecule has 0 atom stereocenters. The highest BCUT2D eigenvalue weighted by Gasteiger charge is 2.30. The van der Waals surface area contributed by atoms with E-state index in [1.165, 1.54) is 11.1 Å². The van der Waals surface area contributed by atoms with Gasteiger partial charge in [-0.25, -0.2) is 0 Å². The van der Waals surface area contributed by atoms with Crippen LogP contribution in [-0.2, 0) is 11.2 Å². The minimum absolute atomic E-state index is 0.234. The van der Waals surface area contributed by atoms with E-state index in [9.17, 15) is 4.79 Å². The molecule has 0 saturated carbocycles. The van der Waals surface area contributed by atoms with Gasteiger partial charge in [0.25, 0.3) is 0 Å². The summed E-state index contributed by atoms with van der Waals surface area (Å²) in [5.41, 5.74) is 3.66. The molecule has 16 heavy (non-hydrogen) atoms. The van der Waals surface area contributed by atoms with E-state index in [0.717, 1.165) is 5.69 Å². The molecule has 0 bridgehead atoms. The SMILES string of the molecule is CC(C)c1cccc2c1CC(=O)N2C(C)C. The summed E-state index contributed by atoms with van der Waals surface area (Å²) in [5.74, 6) is 0.716. The van der Waals surface area contributed by atoms with Gasteiger partial charge < -0.3 is 4.90 Å². The van der Waals surface area contributed by atoms with Crippen molar-refractivity contribution < 1.29 is 4.79 Å². The van der Waals surface area contributed by atoms with Gasteiger partial charge in [0.05, 0.1) is 6.42 Å². The van der Waals surface area contributed by atoms with Crippen molar-refractivity contribution in [2.24, 2.45) is 0 Å². The fourth-order valence-electron chi connectivity index (χ4n) is 2.49. The quantitative estimate of drug-likeness (QED) is 0.745. The van der Waals surface area contributed by atoms with Crippen LogP contribution in [0.4, 0.5) is 5.69 Å². The molecule has 0 fully saturated rings. The number of carbonyl (C=O) groups excluding carboxylic acids is 1. The largest absolute Gasteiger partial charge is 0.309 e. The van der Waals surface area contributed by atoms with Crippen LogP contribution in [0.1, 0.15) is 44.7 Å². The first-order chi connectivity index (χ1) is 7.52. The summed E-state index contributed by atoms with van der Waals surface area (Å²) in [7, 11) is 0. The Morgan fingerprint density at radius 1 is 1.19 bits per heavy atom. The molecule has 1 aliphatic heterocycles. The normalized spacial score (nSPS) is 15.1. The van der Waals surface area contributed by atoms with E-state index >= 15 is 0 Å². The van der Waals surface area contributed by atoms with Gasteiger partial charge in [-0.3, -0.25) is 4.79 Å². The van der Waals surface area contributed by atoms with Gasteiger partial charge in [-0.05, 0) is 37.0 Å². The predicted molar refractivity (Wildman–Crippen MR) is 66.9 cm³/mol. The average molecular weight is 217 g/mol. The molecule has 2 heteroatoms. The number of hydrogen-bond acceptors (Lipinski definition) is 1. The Kier molecular flexibility index (Phi) is 2.75. The Hall–Kier alpha value is -1.31. The molecule has 2 rings (SSSR count). The zero-order chi connectivity index (χ0) is 11.9. The molecule has 1 aromatic carbocycles. The van der Waals surface area contributed by atoms with E-state index < -0.39 is 0 Å². The lowest BCUT2D eigenvalue weighted by Crippen LogP contribution is -2.33. The van der Waals surface area contributed by atoms with Crippen LogP contribution >= 0.6 is 0 Å². The summed E-state index contributed by atoms with van der Waals surface area (Å²) in [5, 5.41) is 0. The molecule has 0 N–H and O–H groups in total. The van der Waals surface area contributed by atoms with Crippen molar-refractivity contribution in [2.75, 3.05) is 4.90 Å². The highest BCUT2D eigenvalue weighted by atomic mass is 16.2. The first-order valence-corrected chi connectivity index (χ1v) is 5.96. The Balaban J connectivity index is 2.53. The van der Waals surface area contributed by atoms with Crippen LogP contribution in [-0.4, -0.2) is 11.9 Å². The van der Waals surface area contributed by atoms with Crippen molar-refractivity contribution in [3.63, 3.8) is 0 Å². The zero-order valence-corrected chi connectivity index (χ0v) is 10.4. The first-order valence-electron chi connectivity index (χ1n) is 5.96. The van der Waals surface area contributed by atoms with Crippen LogP contribution in [0.2, 0.25) is 0 Å². The van der Waals surface area contributed by atoms with Crippen molar-refractivity contribution in [3.05, 3.63) is 29.3 Å². The fourth-order valence-corrected chi connectivity index (χ4v) is 2.49. The molecule has 0 aromatic heterocycles. The third kappa shape index (κ3) is 1.62. The van der Waals surface area contributed by atoms with Gasteiger partial charge >= 0.3 is 0 Å². The Labute approximate surface area is 97.3 Å². The monoisotopic (exact) mass is 217 g/mol. The number of amides is 1. The predicted octanol–water partition coefficient (Wildman–Crippen LogP) is 3.11. The van der Waals surface area contributed by atoms with E-state index in [1.807, 2.05) is 4.90 Å². The minimum atomic E-state index is 0.234. The molecule has 0 aliphatic carbocycles. The van der Waals surface area contributed by atoms with Gasteiger partial charge in [-0.2, -0.15) is 0 Å². The molecule has 1 heterocycles. The van der Waals surface area contributed by atoms with Gasteiger partial charge in [0.1, 0.15) is 0 Å². The van der Waals surface area contributed by atoms with E-state index in [2.05, 4.69) is 45.9 Å². The van der Waals surface area contributed by atoms with Gasteiger partial charge in [0.15, 0.2) is 0 Å². The lowest BCUT2D eigenvalue weighted by Gasteiger charge is -2.22. The second-order valence-electron chi connectivity index (χ2n) is 5.03. The molecule has 0 spiro atoms. The molecular formula is C14H19NO. The number of hydrogen-bond donors (Lipinski definition) is 0. The molecular weight excluding hydrogens is 198 g/mol. The third-order valence-corrected chi connectivity index (χ3v) is 3.18. The summed E-state index contributed by atoms with van der Waals surface area (Å²) in [4.78, 5) is 13.9. The molecule has 2 nitrogen and oxygen atoms in total.